The summed E-state index contributed by atoms with van der Waals surface area (Å²) in [5.41, 5.74) is 2.64. The summed E-state index contributed by atoms with van der Waals surface area (Å²) < 4.78 is 0.932. The first kappa shape index (κ1) is 11.1. The molecule has 1 aromatic carbocycles. The van der Waals surface area contributed by atoms with E-state index in [1.54, 1.807) is 6.92 Å². The van der Waals surface area contributed by atoms with E-state index in [-0.39, 0.29) is 5.56 Å². The van der Waals surface area contributed by atoms with E-state index >= 15 is 0 Å². The Morgan fingerprint density at radius 1 is 1.25 bits per heavy atom. The van der Waals surface area contributed by atoms with Crippen LogP contribution in [0.3, 0.4) is 0 Å². The number of nitrogens with one attached hydrogen (secondary N) is 1. The van der Waals surface area contributed by atoms with Crippen molar-refractivity contribution in [3.8, 4) is 11.4 Å². The topological polar surface area (TPSA) is 45.8 Å². The summed E-state index contributed by atoms with van der Waals surface area (Å²) >= 11 is 3.47. The Morgan fingerprint density at radius 2 is 2.00 bits per heavy atom. The molecule has 0 amide bonds. The van der Waals surface area contributed by atoms with E-state index in [1.165, 1.54) is 6.07 Å². The number of aromatic nitrogens is 2. The molecule has 0 fully saturated rings. The molecule has 1 heterocycles. The van der Waals surface area contributed by atoms with Gasteiger partial charge in [-0.25, -0.2) is 4.98 Å². The van der Waals surface area contributed by atoms with Crippen molar-refractivity contribution < 1.29 is 0 Å². The molecule has 1 aromatic heterocycles. The highest BCUT2D eigenvalue weighted by Crippen LogP contribution is 2.25. The normalized spacial score (nSPS) is 10.4. The van der Waals surface area contributed by atoms with Gasteiger partial charge < -0.3 is 4.98 Å². The van der Waals surface area contributed by atoms with Gasteiger partial charge in [0.05, 0.1) is 0 Å². The van der Waals surface area contributed by atoms with E-state index in [4.69, 9.17) is 0 Å². The van der Waals surface area contributed by atoms with Crippen LogP contribution in [0.2, 0.25) is 0 Å². The van der Waals surface area contributed by atoms with Crippen molar-refractivity contribution in [2.45, 2.75) is 13.8 Å². The van der Waals surface area contributed by atoms with Gasteiger partial charge in [-0.3, -0.25) is 4.79 Å². The minimum absolute atomic E-state index is 0.130. The van der Waals surface area contributed by atoms with Gasteiger partial charge in [-0.05, 0) is 31.5 Å². The average molecular weight is 279 g/mol. The summed E-state index contributed by atoms with van der Waals surface area (Å²) in [6.07, 6.45) is 0. The lowest BCUT2D eigenvalue weighted by Gasteiger charge is -2.05. The van der Waals surface area contributed by atoms with E-state index < -0.39 is 0 Å². The van der Waals surface area contributed by atoms with Crippen LogP contribution in [0.25, 0.3) is 11.4 Å². The molecule has 0 aliphatic heterocycles. The van der Waals surface area contributed by atoms with Crippen LogP contribution in [0.1, 0.15) is 11.3 Å². The maximum Gasteiger partial charge on any atom is 0.251 e. The van der Waals surface area contributed by atoms with Gasteiger partial charge in [0.1, 0.15) is 5.82 Å². The zero-order valence-electron chi connectivity index (χ0n) is 9.04. The van der Waals surface area contributed by atoms with Gasteiger partial charge >= 0.3 is 0 Å². The Hall–Kier alpha value is -1.42. The van der Waals surface area contributed by atoms with E-state index in [0.29, 0.717) is 11.5 Å². The minimum Gasteiger partial charge on any atom is -0.306 e. The maximum atomic E-state index is 11.4. The fourth-order valence-electron chi connectivity index (χ4n) is 1.52. The predicted octanol–water partition coefficient (Wildman–Crippen LogP) is 2.82. The summed E-state index contributed by atoms with van der Waals surface area (Å²) in [6, 6.07) is 7.41. The molecule has 3 nitrogen and oxygen atoms in total. The second-order valence-corrected chi connectivity index (χ2v) is 4.57. The Bertz CT molecular complexity index is 590. The smallest absolute Gasteiger partial charge is 0.251 e. The van der Waals surface area contributed by atoms with Crippen molar-refractivity contribution in [3.63, 3.8) is 0 Å². The van der Waals surface area contributed by atoms with Crippen LogP contribution in [-0.2, 0) is 0 Å². The molecule has 82 valence electrons. The largest absolute Gasteiger partial charge is 0.306 e. The number of aromatic amines is 1. The zero-order chi connectivity index (χ0) is 11.7. The molecule has 4 heteroatoms. The third-order valence-electron chi connectivity index (χ3n) is 2.25. The summed E-state index contributed by atoms with van der Waals surface area (Å²) in [6.45, 7) is 3.82. The third kappa shape index (κ3) is 2.22. The van der Waals surface area contributed by atoms with Crippen LogP contribution in [0.4, 0.5) is 0 Å². The first-order valence-corrected chi connectivity index (χ1v) is 5.70. The molecule has 0 unspecified atom stereocenters. The van der Waals surface area contributed by atoms with Gasteiger partial charge in [0.15, 0.2) is 0 Å². The first-order valence-electron chi connectivity index (χ1n) is 4.91. The molecule has 0 saturated carbocycles. The number of benzene rings is 1. The molecule has 0 saturated heterocycles. The van der Waals surface area contributed by atoms with Crippen molar-refractivity contribution >= 4 is 15.9 Å². The molecule has 0 aliphatic carbocycles. The maximum absolute atomic E-state index is 11.4. The summed E-state index contributed by atoms with van der Waals surface area (Å²) in [4.78, 5) is 18.4. The van der Waals surface area contributed by atoms with Crippen molar-refractivity contribution in [3.05, 3.63) is 50.3 Å². The highest BCUT2D eigenvalue weighted by molar-refractivity contribution is 9.10. The van der Waals surface area contributed by atoms with Gasteiger partial charge in [0.25, 0.3) is 5.56 Å². The SMILES string of the molecule is Cc1ccc(-c2nc(C)cc(=O)[nH]2)c(Br)c1. The second kappa shape index (κ2) is 4.22. The van der Waals surface area contributed by atoms with E-state index in [0.717, 1.165) is 15.6 Å². The summed E-state index contributed by atoms with van der Waals surface area (Å²) in [7, 11) is 0. The molecule has 2 rings (SSSR count). The van der Waals surface area contributed by atoms with Crippen molar-refractivity contribution in [2.24, 2.45) is 0 Å². The fourth-order valence-corrected chi connectivity index (χ4v) is 2.20. The standard InChI is InChI=1S/C12H11BrN2O/c1-7-3-4-9(10(13)5-7)12-14-8(2)6-11(16)15-12/h3-6H,1-2H3,(H,14,15,16). The lowest BCUT2D eigenvalue weighted by molar-refractivity contribution is 1.07. The highest BCUT2D eigenvalue weighted by atomic mass is 79.9. The number of hydrogen-bond donors (Lipinski definition) is 1. The fraction of sp³-hybridized carbons (Fsp3) is 0.167. The van der Waals surface area contributed by atoms with Crippen LogP contribution >= 0.6 is 15.9 Å². The number of halogens is 1. The molecule has 0 aliphatic rings. The van der Waals surface area contributed by atoms with Crippen LogP contribution in [0, 0.1) is 13.8 Å². The number of rotatable bonds is 1. The van der Waals surface area contributed by atoms with Gasteiger partial charge in [-0.1, -0.05) is 22.0 Å². The molecule has 0 atom stereocenters. The van der Waals surface area contributed by atoms with Crippen LogP contribution in [-0.4, -0.2) is 9.97 Å². The monoisotopic (exact) mass is 278 g/mol. The second-order valence-electron chi connectivity index (χ2n) is 3.72. The first-order chi connectivity index (χ1) is 7.56. The van der Waals surface area contributed by atoms with Crippen LogP contribution in [0.5, 0.6) is 0 Å². The predicted molar refractivity (Wildman–Crippen MR) is 67.5 cm³/mol. The lowest BCUT2D eigenvalue weighted by atomic mass is 10.1. The Labute approximate surface area is 102 Å². The lowest BCUT2D eigenvalue weighted by Crippen LogP contribution is -2.08. The Morgan fingerprint density at radius 3 is 2.62 bits per heavy atom. The summed E-state index contributed by atoms with van der Waals surface area (Å²) in [5, 5.41) is 0. The van der Waals surface area contributed by atoms with E-state index in [2.05, 4.69) is 25.9 Å². The average Bonchev–Trinajstić information content (AvgIpc) is 2.15. The molecule has 0 spiro atoms. The number of aryl methyl sites for hydroxylation is 2. The van der Waals surface area contributed by atoms with Gasteiger partial charge in [-0.15, -0.1) is 0 Å². The molecule has 2 aromatic rings. The molecule has 1 N–H and O–H groups in total. The van der Waals surface area contributed by atoms with Crippen molar-refractivity contribution in [1.82, 2.24) is 9.97 Å². The zero-order valence-corrected chi connectivity index (χ0v) is 10.6. The van der Waals surface area contributed by atoms with Gasteiger partial charge in [-0.2, -0.15) is 0 Å². The van der Waals surface area contributed by atoms with E-state index in [9.17, 15) is 4.79 Å². The molecular formula is C12H11BrN2O. The van der Waals surface area contributed by atoms with Crippen molar-refractivity contribution in [1.29, 1.82) is 0 Å². The van der Waals surface area contributed by atoms with Crippen molar-refractivity contribution in [2.75, 3.05) is 0 Å². The van der Waals surface area contributed by atoms with E-state index in [1.807, 2.05) is 25.1 Å². The Kier molecular flexibility index (Phi) is 2.92. The third-order valence-corrected chi connectivity index (χ3v) is 2.91. The minimum atomic E-state index is -0.130. The Balaban J connectivity index is 2.63. The summed E-state index contributed by atoms with van der Waals surface area (Å²) in [5.74, 6) is 0.594. The molecule has 16 heavy (non-hydrogen) atoms. The van der Waals surface area contributed by atoms with Crippen LogP contribution in [0.15, 0.2) is 33.5 Å². The quantitative estimate of drug-likeness (QED) is 0.872. The van der Waals surface area contributed by atoms with Crippen LogP contribution < -0.4 is 5.56 Å². The number of hydrogen-bond acceptors (Lipinski definition) is 2. The number of nitrogens with zero attached hydrogens (tertiary/aromatic N) is 1. The van der Waals surface area contributed by atoms with Gasteiger partial charge in [0, 0.05) is 21.8 Å². The van der Waals surface area contributed by atoms with Gasteiger partial charge in [0.2, 0.25) is 0 Å². The molecule has 0 radical (unpaired) electrons. The number of H-pyrrole nitrogens is 1. The molecule has 0 bridgehead atoms. The highest BCUT2D eigenvalue weighted by Gasteiger charge is 2.06. The molecular weight excluding hydrogens is 268 g/mol.